The molecule has 1 aromatic carbocycles. The van der Waals surface area contributed by atoms with E-state index in [2.05, 4.69) is 32.9 Å². The van der Waals surface area contributed by atoms with E-state index in [0.29, 0.717) is 6.42 Å². The Balaban J connectivity index is 2.21. The maximum absolute atomic E-state index is 10.5. The van der Waals surface area contributed by atoms with Gasteiger partial charge < -0.3 is 9.84 Å². The van der Waals surface area contributed by atoms with E-state index in [0.717, 1.165) is 18.4 Å². The number of benzene rings is 1. The van der Waals surface area contributed by atoms with Crippen molar-refractivity contribution in [1.82, 2.24) is 0 Å². The molecule has 0 amide bonds. The third-order valence-corrected chi connectivity index (χ3v) is 4.33. The number of hydrogen-bond acceptors (Lipinski definition) is 2. The molecule has 1 fully saturated rings. The molecule has 1 saturated carbocycles. The summed E-state index contributed by atoms with van der Waals surface area (Å²) in [6.45, 7) is 6.26. The van der Waals surface area contributed by atoms with Crippen molar-refractivity contribution >= 4 is 0 Å². The zero-order valence-electron chi connectivity index (χ0n) is 11.9. The van der Waals surface area contributed by atoms with Gasteiger partial charge in [0, 0.05) is 13.5 Å². The largest absolute Gasteiger partial charge is 0.388 e. The summed E-state index contributed by atoms with van der Waals surface area (Å²) in [6, 6.07) is 4.29. The number of aryl methyl sites for hydroxylation is 3. The van der Waals surface area contributed by atoms with Crippen LogP contribution in [0.25, 0.3) is 0 Å². The summed E-state index contributed by atoms with van der Waals surface area (Å²) in [5, 5.41) is 10.5. The van der Waals surface area contributed by atoms with E-state index in [4.69, 9.17) is 4.74 Å². The second-order valence-electron chi connectivity index (χ2n) is 5.77. The highest BCUT2D eigenvalue weighted by molar-refractivity contribution is 5.39. The summed E-state index contributed by atoms with van der Waals surface area (Å²) >= 11 is 0. The monoisotopic (exact) mass is 248 g/mol. The fraction of sp³-hybridized carbons (Fsp3) is 0.625. The molecule has 1 unspecified atom stereocenters. The predicted octanol–water partition coefficient (Wildman–Crippen LogP) is 3.60. The first kappa shape index (κ1) is 13.6. The van der Waals surface area contributed by atoms with Crippen molar-refractivity contribution < 1.29 is 9.84 Å². The minimum atomic E-state index is -0.411. The van der Waals surface area contributed by atoms with Crippen LogP contribution in [0.15, 0.2) is 12.1 Å². The summed E-state index contributed by atoms with van der Waals surface area (Å²) in [5.74, 6) is 0. The summed E-state index contributed by atoms with van der Waals surface area (Å²) in [7, 11) is 1.76. The highest BCUT2D eigenvalue weighted by Gasteiger charge is 2.39. The van der Waals surface area contributed by atoms with Crippen molar-refractivity contribution in [3.8, 4) is 0 Å². The molecule has 0 aromatic heterocycles. The Morgan fingerprint density at radius 3 is 2.17 bits per heavy atom. The molecule has 0 heterocycles. The molecule has 18 heavy (non-hydrogen) atoms. The first-order valence-electron chi connectivity index (χ1n) is 6.78. The molecule has 2 heteroatoms. The SMILES string of the molecule is COC1(CC(O)c2c(C)cc(C)cc2C)CCC1. The molecule has 0 aliphatic heterocycles. The van der Waals surface area contributed by atoms with E-state index in [1.165, 1.54) is 23.1 Å². The second-order valence-corrected chi connectivity index (χ2v) is 5.77. The zero-order valence-corrected chi connectivity index (χ0v) is 11.9. The van der Waals surface area contributed by atoms with E-state index >= 15 is 0 Å². The van der Waals surface area contributed by atoms with E-state index in [1.54, 1.807) is 7.11 Å². The number of methoxy groups -OCH3 is 1. The highest BCUT2D eigenvalue weighted by Crippen LogP contribution is 2.42. The average molecular weight is 248 g/mol. The zero-order chi connectivity index (χ0) is 13.3. The van der Waals surface area contributed by atoms with Gasteiger partial charge in [-0.2, -0.15) is 0 Å². The Bertz CT molecular complexity index is 404. The lowest BCUT2D eigenvalue weighted by Crippen LogP contribution is -2.40. The number of hydrogen-bond donors (Lipinski definition) is 1. The smallest absolute Gasteiger partial charge is 0.0822 e. The lowest BCUT2D eigenvalue weighted by atomic mass is 9.74. The van der Waals surface area contributed by atoms with Crippen molar-refractivity contribution in [1.29, 1.82) is 0 Å². The van der Waals surface area contributed by atoms with Crippen LogP contribution in [0.3, 0.4) is 0 Å². The maximum Gasteiger partial charge on any atom is 0.0822 e. The van der Waals surface area contributed by atoms with E-state index in [1.807, 2.05) is 0 Å². The second kappa shape index (κ2) is 5.02. The summed E-state index contributed by atoms with van der Waals surface area (Å²) in [6.07, 6.45) is 3.67. The third-order valence-electron chi connectivity index (χ3n) is 4.33. The standard InChI is InChI=1S/C16H24O2/c1-11-8-12(2)15(13(3)9-11)14(17)10-16(18-4)6-5-7-16/h8-9,14,17H,5-7,10H2,1-4H3. The third kappa shape index (κ3) is 2.45. The Morgan fingerprint density at radius 2 is 1.78 bits per heavy atom. The Labute approximate surface area is 110 Å². The van der Waals surface area contributed by atoms with Crippen LogP contribution in [-0.4, -0.2) is 17.8 Å². The molecule has 0 spiro atoms. The van der Waals surface area contributed by atoms with Gasteiger partial charge in [0.1, 0.15) is 0 Å². The predicted molar refractivity (Wildman–Crippen MR) is 73.8 cm³/mol. The van der Waals surface area contributed by atoms with Crippen LogP contribution in [0, 0.1) is 20.8 Å². The van der Waals surface area contributed by atoms with Gasteiger partial charge in [0.15, 0.2) is 0 Å². The molecular weight excluding hydrogens is 224 g/mol. The normalized spacial score (nSPS) is 19.4. The van der Waals surface area contributed by atoms with Gasteiger partial charge in [0.25, 0.3) is 0 Å². The molecule has 0 bridgehead atoms. The van der Waals surface area contributed by atoms with Gasteiger partial charge >= 0.3 is 0 Å². The van der Waals surface area contributed by atoms with Gasteiger partial charge in [0.2, 0.25) is 0 Å². The van der Waals surface area contributed by atoms with Crippen molar-refractivity contribution in [3.63, 3.8) is 0 Å². The van der Waals surface area contributed by atoms with E-state index in [-0.39, 0.29) is 5.60 Å². The van der Waals surface area contributed by atoms with Crippen molar-refractivity contribution in [2.24, 2.45) is 0 Å². The van der Waals surface area contributed by atoms with Gasteiger partial charge in [-0.3, -0.25) is 0 Å². The maximum atomic E-state index is 10.5. The molecule has 1 aliphatic carbocycles. The van der Waals surface area contributed by atoms with Crippen LogP contribution >= 0.6 is 0 Å². The molecule has 1 N–H and O–H groups in total. The average Bonchev–Trinajstić information content (AvgIpc) is 2.21. The first-order chi connectivity index (χ1) is 8.47. The Kier molecular flexibility index (Phi) is 3.79. The topological polar surface area (TPSA) is 29.5 Å². The lowest BCUT2D eigenvalue weighted by molar-refractivity contribution is -0.1000. The van der Waals surface area contributed by atoms with Crippen LogP contribution in [-0.2, 0) is 4.74 Å². The minimum Gasteiger partial charge on any atom is -0.388 e. The number of aliphatic hydroxyl groups is 1. The molecule has 1 aromatic rings. The van der Waals surface area contributed by atoms with Crippen molar-refractivity contribution in [2.75, 3.05) is 7.11 Å². The summed E-state index contributed by atoms with van der Waals surface area (Å²) < 4.78 is 5.61. The van der Waals surface area contributed by atoms with Crippen LogP contribution in [0.2, 0.25) is 0 Å². The van der Waals surface area contributed by atoms with Crippen LogP contribution < -0.4 is 0 Å². The van der Waals surface area contributed by atoms with Gasteiger partial charge in [-0.1, -0.05) is 17.7 Å². The fourth-order valence-corrected chi connectivity index (χ4v) is 3.23. The lowest BCUT2D eigenvalue weighted by Gasteiger charge is -2.42. The molecule has 1 aliphatic rings. The molecule has 2 rings (SSSR count). The van der Waals surface area contributed by atoms with Crippen molar-refractivity contribution in [2.45, 2.75) is 58.2 Å². The summed E-state index contributed by atoms with van der Waals surface area (Å²) in [4.78, 5) is 0. The fourth-order valence-electron chi connectivity index (χ4n) is 3.23. The van der Waals surface area contributed by atoms with Crippen LogP contribution in [0.4, 0.5) is 0 Å². The molecule has 2 nitrogen and oxygen atoms in total. The van der Waals surface area contributed by atoms with Gasteiger partial charge in [-0.25, -0.2) is 0 Å². The van der Waals surface area contributed by atoms with Crippen LogP contribution in [0.5, 0.6) is 0 Å². The molecule has 0 saturated heterocycles. The molecule has 100 valence electrons. The van der Waals surface area contributed by atoms with E-state index in [9.17, 15) is 5.11 Å². The minimum absolute atomic E-state index is 0.0802. The van der Waals surface area contributed by atoms with E-state index < -0.39 is 6.10 Å². The Hall–Kier alpha value is -0.860. The number of ether oxygens (including phenoxy) is 1. The highest BCUT2D eigenvalue weighted by atomic mass is 16.5. The quantitative estimate of drug-likeness (QED) is 0.882. The Morgan fingerprint density at radius 1 is 1.22 bits per heavy atom. The number of rotatable bonds is 4. The first-order valence-corrected chi connectivity index (χ1v) is 6.78. The summed E-state index contributed by atoms with van der Waals surface area (Å²) in [5.41, 5.74) is 4.63. The van der Waals surface area contributed by atoms with Gasteiger partial charge in [-0.15, -0.1) is 0 Å². The molecular formula is C16H24O2. The van der Waals surface area contributed by atoms with Gasteiger partial charge in [0.05, 0.1) is 11.7 Å². The van der Waals surface area contributed by atoms with Crippen LogP contribution in [0.1, 0.15) is 54.0 Å². The van der Waals surface area contributed by atoms with Crippen molar-refractivity contribution in [3.05, 3.63) is 34.4 Å². The number of aliphatic hydroxyl groups excluding tert-OH is 1. The molecule has 1 atom stereocenters. The van der Waals surface area contributed by atoms with Gasteiger partial charge in [-0.05, 0) is 56.7 Å². The molecule has 0 radical (unpaired) electrons.